The van der Waals surface area contributed by atoms with E-state index < -0.39 is 11.7 Å². The maximum Gasteiger partial charge on any atom is 0.275 e. The molecule has 1 amide bonds. The predicted octanol–water partition coefficient (Wildman–Crippen LogP) is 3.82. The third-order valence-electron chi connectivity index (χ3n) is 3.86. The zero-order valence-corrected chi connectivity index (χ0v) is 16.6. The van der Waals surface area contributed by atoms with E-state index in [1.165, 1.54) is 35.2 Å². The van der Waals surface area contributed by atoms with Crippen molar-refractivity contribution >= 4 is 34.7 Å². The third kappa shape index (κ3) is 3.82. The standard InChI is InChI=1S/C18H15FN6OS2/c1-24-6-5-20-18(24)28-15-4-3-12(19)7-13(15)22-16(26)14-10-27-17(23-14)11-8-21-25(2)9-11/h3-10H,1-2H3,(H,22,26). The van der Waals surface area contributed by atoms with E-state index in [9.17, 15) is 9.18 Å². The van der Waals surface area contributed by atoms with Crippen molar-refractivity contribution < 1.29 is 9.18 Å². The number of carbonyl (C=O) groups is 1. The molecule has 28 heavy (non-hydrogen) atoms. The quantitative estimate of drug-likeness (QED) is 0.537. The first-order valence-corrected chi connectivity index (χ1v) is 9.90. The minimum Gasteiger partial charge on any atom is -0.329 e. The zero-order valence-electron chi connectivity index (χ0n) is 15.0. The molecule has 0 bridgehead atoms. The number of nitrogens with one attached hydrogen (secondary N) is 1. The molecule has 3 aromatic heterocycles. The number of benzene rings is 1. The van der Waals surface area contributed by atoms with Crippen molar-refractivity contribution in [1.29, 1.82) is 0 Å². The van der Waals surface area contributed by atoms with Crippen LogP contribution >= 0.6 is 23.1 Å². The van der Waals surface area contributed by atoms with Gasteiger partial charge in [0.05, 0.1) is 11.9 Å². The molecule has 1 aromatic carbocycles. The highest BCUT2D eigenvalue weighted by molar-refractivity contribution is 7.99. The predicted molar refractivity (Wildman–Crippen MR) is 106 cm³/mol. The molecular weight excluding hydrogens is 399 g/mol. The summed E-state index contributed by atoms with van der Waals surface area (Å²) in [6.45, 7) is 0. The lowest BCUT2D eigenvalue weighted by Gasteiger charge is -2.10. The fraction of sp³-hybridized carbons (Fsp3) is 0.111. The maximum atomic E-state index is 13.8. The van der Waals surface area contributed by atoms with Crippen molar-refractivity contribution in [2.24, 2.45) is 14.1 Å². The molecule has 10 heteroatoms. The van der Waals surface area contributed by atoms with Gasteiger partial charge in [0.25, 0.3) is 5.91 Å². The van der Waals surface area contributed by atoms with Gasteiger partial charge in [-0.3, -0.25) is 9.48 Å². The number of imidazole rings is 1. The number of aryl methyl sites for hydroxylation is 2. The van der Waals surface area contributed by atoms with E-state index in [0.29, 0.717) is 15.6 Å². The lowest BCUT2D eigenvalue weighted by atomic mass is 10.3. The van der Waals surface area contributed by atoms with Crippen LogP contribution in [-0.4, -0.2) is 30.2 Å². The topological polar surface area (TPSA) is 77.6 Å². The molecular formula is C18H15FN6OS2. The Hall–Kier alpha value is -2.98. The SMILES string of the molecule is Cn1cc(-c2nc(C(=O)Nc3cc(F)ccc3Sc3nccn3C)cs2)cn1. The fourth-order valence-corrected chi connectivity index (χ4v) is 4.11. The summed E-state index contributed by atoms with van der Waals surface area (Å²) in [6, 6.07) is 4.26. The Morgan fingerprint density at radius 3 is 2.89 bits per heavy atom. The summed E-state index contributed by atoms with van der Waals surface area (Å²) in [4.78, 5) is 22.0. The van der Waals surface area contributed by atoms with Crippen LogP contribution in [0.25, 0.3) is 10.6 Å². The molecule has 0 saturated heterocycles. The highest BCUT2D eigenvalue weighted by Gasteiger charge is 2.16. The molecule has 0 fully saturated rings. The second-order valence-corrected chi connectivity index (χ2v) is 7.83. The molecule has 0 aliphatic rings. The van der Waals surface area contributed by atoms with Crippen LogP contribution in [0, 0.1) is 5.82 Å². The van der Waals surface area contributed by atoms with Gasteiger partial charge in [-0.25, -0.2) is 14.4 Å². The van der Waals surface area contributed by atoms with Crippen molar-refractivity contribution in [2.45, 2.75) is 10.1 Å². The number of rotatable bonds is 5. The van der Waals surface area contributed by atoms with Gasteiger partial charge in [-0.2, -0.15) is 5.10 Å². The van der Waals surface area contributed by atoms with Gasteiger partial charge in [0.2, 0.25) is 0 Å². The van der Waals surface area contributed by atoms with Crippen molar-refractivity contribution in [1.82, 2.24) is 24.3 Å². The van der Waals surface area contributed by atoms with E-state index in [1.54, 1.807) is 28.5 Å². The van der Waals surface area contributed by atoms with Crippen molar-refractivity contribution in [2.75, 3.05) is 5.32 Å². The molecule has 3 heterocycles. The zero-order chi connectivity index (χ0) is 19.7. The summed E-state index contributed by atoms with van der Waals surface area (Å²) in [7, 11) is 3.68. The molecule has 0 spiro atoms. The van der Waals surface area contributed by atoms with Gasteiger partial charge >= 0.3 is 0 Å². The first kappa shape index (κ1) is 18.4. The van der Waals surface area contributed by atoms with Gasteiger partial charge in [0, 0.05) is 48.5 Å². The highest BCUT2D eigenvalue weighted by atomic mass is 32.2. The third-order valence-corrected chi connectivity index (χ3v) is 5.90. The van der Waals surface area contributed by atoms with E-state index in [-0.39, 0.29) is 5.69 Å². The molecule has 7 nitrogen and oxygen atoms in total. The van der Waals surface area contributed by atoms with Crippen LogP contribution in [0.3, 0.4) is 0 Å². The van der Waals surface area contributed by atoms with Crippen LogP contribution in [0.2, 0.25) is 0 Å². The highest BCUT2D eigenvalue weighted by Crippen LogP contribution is 2.33. The molecule has 0 radical (unpaired) electrons. The van der Waals surface area contributed by atoms with E-state index in [4.69, 9.17) is 0 Å². The number of amides is 1. The van der Waals surface area contributed by atoms with Crippen LogP contribution in [0.5, 0.6) is 0 Å². The monoisotopic (exact) mass is 414 g/mol. The lowest BCUT2D eigenvalue weighted by molar-refractivity contribution is 0.102. The molecule has 0 unspecified atom stereocenters. The summed E-state index contributed by atoms with van der Waals surface area (Å²) in [6.07, 6.45) is 7.02. The largest absolute Gasteiger partial charge is 0.329 e. The number of anilines is 1. The Balaban J connectivity index is 1.57. The first-order valence-electron chi connectivity index (χ1n) is 8.20. The van der Waals surface area contributed by atoms with Crippen molar-refractivity contribution in [3.05, 3.63) is 59.9 Å². The molecule has 0 atom stereocenters. The number of carbonyl (C=O) groups excluding carboxylic acids is 1. The minimum atomic E-state index is -0.436. The molecule has 4 rings (SSSR count). The molecule has 0 aliphatic heterocycles. The Morgan fingerprint density at radius 2 is 2.18 bits per heavy atom. The van der Waals surface area contributed by atoms with Gasteiger partial charge < -0.3 is 9.88 Å². The lowest BCUT2D eigenvalue weighted by Crippen LogP contribution is -2.13. The number of aromatic nitrogens is 5. The average Bonchev–Trinajstić information content (AvgIpc) is 3.39. The number of halogens is 1. The summed E-state index contributed by atoms with van der Waals surface area (Å²) in [5.74, 6) is -0.840. The van der Waals surface area contributed by atoms with Crippen LogP contribution in [0.4, 0.5) is 10.1 Å². The number of hydrogen-bond acceptors (Lipinski definition) is 6. The van der Waals surface area contributed by atoms with Gasteiger partial charge in [-0.15, -0.1) is 11.3 Å². The van der Waals surface area contributed by atoms with Crippen LogP contribution < -0.4 is 5.32 Å². The smallest absolute Gasteiger partial charge is 0.275 e. The molecule has 0 saturated carbocycles. The van der Waals surface area contributed by atoms with Crippen LogP contribution in [0.15, 0.2) is 58.4 Å². The van der Waals surface area contributed by atoms with Crippen molar-refractivity contribution in [3.63, 3.8) is 0 Å². The summed E-state index contributed by atoms with van der Waals surface area (Å²) >= 11 is 2.69. The Bertz CT molecular complexity index is 1150. The van der Waals surface area contributed by atoms with Gasteiger partial charge in [-0.05, 0) is 30.0 Å². The van der Waals surface area contributed by atoms with E-state index >= 15 is 0 Å². The number of hydrogen-bond donors (Lipinski definition) is 1. The van der Waals surface area contributed by atoms with E-state index in [2.05, 4.69) is 20.4 Å². The minimum absolute atomic E-state index is 0.265. The second-order valence-electron chi connectivity index (χ2n) is 5.96. The maximum absolute atomic E-state index is 13.8. The molecule has 4 aromatic rings. The second kappa shape index (κ2) is 7.56. The van der Waals surface area contributed by atoms with E-state index in [0.717, 1.165) is 10.7 Å². The Labute approximate surface area is 168 Å². The number of thiazole rings is 1. The fourth-order valence-electron chi connectivity index (χ4n) is 2.47. The Kier molecular flexibility index (Phi) is 4.97. The normalized spacial score (nSPS) is 11.0. The number of nitrogens with zero attached hydrogens (tertiary/aromatic N) is 5. The van der Waals surface area contributed by atoms with Crippen LogP contribution in [0.1, 0.15) is 10.5 Å². The average molecular weight is 414 g/mol. The Morgan fingerprint density at radius 1 is 1.32 bits per heavy atom. The summed E-state index contributed by atoms with van der Waals surface area (Å²) in [5.41, 5.74) is 1.47. The molecule has 142 valence electrons. The van der Waals surface area contributed by atoms with Crippen molar-refractivity contribution in [3.8, 4) is 10.6 Å². The van der Waals surface area contributed by atoms with Gasteiger partial charge in [0.15, 0.2) is 5.16 Å². The van der Waals surface area contributed by atoms with Crippen LogP contribution in [-0.2, 0) is 14.1 Å². The molecule has 1 N–H and O–H groups in total. The van der Waals surface area contributed by atoms with E-state index in [1.807, 2.05) is 31.1 Å². The van der Waals surface area contributed by atoms with Gasteiger partial charge in [-0.1, -0.05) is 0 Å². The summed E-state index contributed by atoms with van der Waals surface area (Å²) < 4.78 is 17.3. The summed E-state index contributed by atoms with van der Waals surface area (Å²) in [5, 5.41) is 9.96. The first-order chi connectivity index (χ1) is 13.5. The van der Waals surface area contributed by atoms with Gasteiger partial charge in [0.1, 0.15) is 16.5 Å². The molecule has 0 aliphatic carbocycles.